The topological polar surface area (TPSA) is 94.0 Å². The molecule has 126 valence electrons. The lowest BCUT2D eigenvalue weighted by Gasteiger charge is -2.13. The molecule has 24 heavy (non-hydrogen) atoms. The number of nitrogens with zero attached hydrogens (tertiary/aromatic N) is 6. The standard InChI is InChI=1S/C16H21N7O/c1-3-14-19-20-15-7-6-13(22-23(14)15)17-12-5-4-11(8-12)9-16-21-18-10(2)24-16/h6-7,11-12H,3-5,8-9H2,1-2H3,(H,17,22)/t11-,12+/m1/s1. The average Bonchev–Trinajstić information content (AvgIpc) is 3.28. The summed E-state index contributed by atoms with van der Waals surface area (Å²) in [5, 5.41) is 24.4. The highest BCUT2D eigenvalue weighted by Crippen LogP contribution is 2.30. The average molecular weight is 327 g/mol. The first-order valence-electron chi connectivity index (χ1n) is 8.48. The third kappa shape index (κ3) is 2.95. The van der Waals surface area contributed by atoms with Crippen LogP contribution in [0.4, 0.5) is 5.82 Å². The lowest BCUT2D eigenvalue weighted by molar-refractivity contribution is 0.416. The SMILES string of the molecule is CCc1nnc2ccc(N[C@H]3CC[C@@H](Cc4nnc(C)o4)C3)nn12. The van der Waals surface area contributed by atoms with E-state index in [1.807, 2.05) is 23.6 Å². The van der Waals surface area contributed by atoms with Gasteiger partial charge in [0.2, 0.25) is 11.8 Å². The molecule has 0 spiro atoms. The molecule has 0 unspecified atom stereocenters. The Labute approximate surface area is 139 Å². The van der Waals surface area contributed by atoms with E-state index in [9.17, 15) is 0 Å². The van der Waals surface area contributed by atoms with E-state index in [-0.39, 0.29) is 0 Å². The molecule has 0 amide bonds. The van der Waals surface area contributed by atoms with Crippen LogP contribution in [-0.4, -0.2) is 36.1 Å². The maximum atomic E-state index is 5.49. The molecule has 1 aliphatic carbocycles. The summed E-state index contributed by atoms with van der Waals surface area (Å²) in [4.78, 5) is 0. The van der Waals surface area contributed by atoms with Gasteiger partial charge in [-0.2, -0.15) is 4.52 Å². The Kier molecular flexibility index (Phi) is 3.87. The molecule has 0 bridgehead atoms. The van der Waals surface area contributed by atoms with Gasteiger partial charge in [0.25, 0.3) is 0 Å². The summed E-state index contributed by atoms with van der Waals surface area (Å²) in [7, 11) is 0. The highest BCUT2D eigenvalue weighted by Gasteiger charge is 2.26. The van der Waals surface area contributed by atoms with Gasteiger partial charge in [-0.05, 0) is 37.3 Å². The number of anilines is 1. The molecule has 3 aromatic heterocycles. The van der Waals surface area contributed by atoms with E-state index in [2.05, 4.69) is 37.7 Å². The Hall–Kier alpha value is -2.51. The summed E-state index contributed by atoms with van der Waals surface area (Å²) in [5.74, 6) is 3.71. The molecule has 1 N–H and O–H groups in total. The van der Waals surface area contributed by atoms with Gasteiger partial charge in [-0.3, -0.25) is 0 Å². The van der Waals surface area contributed by atoms with Crippen LogP contribution in [0.2, 0.25) is 0 Å². The van der Waals surface area contributed by atoms with Crippen LogP contribution in [-0.2, 0) is 12.8 Å². The van der Waals surface area contributed by atoms with Crippen molar-refractivity contribution in [3.8, 4) is 0 Å². The number of hydrogen-bond acceptors (Lipinski definition) is 7. The van der Waals surface area contributed by atoms with Crippen molar-refractivity contribution in [1.29, 1.82) is 0 Å². The number of rotatable bonds is 5. The highest BCUT2D eigenvalue weighted by molar-refractivity contribution is 5.44. The third-order valence-corrected chi connectivity index (χ3v) is 4.57. The van der Waals surface area contributed by atoms with E-state index < -0.39 is 0 Å². The summed E-state index contributed by atoms with van der Waals surface area (Å²) in [6, 6.07) is 4.35. The lowest BCUT2D eigenvalue weighted by Crippen LogP contribution is -2.17. The van der Waals surface area contributed by atoms with Gasteiger partial charge in [0.15, 0.2) is 11.5 Å². The summed E-state index contributed by atoms with van der Waals surface area (Å²) in [6.07, 6.45) is 5.04. The molecular formula is C16H21N7O. The van der Waals surface area contributed by atoms with Gasteiger partial charge in [-0.15, -0.1) is 25.5 Å². The fourth-order valence-electron chi connectivity index (χ4n) is 3.40. The van der Waals surface area contributed by atoms with Crippen molar-refractivity contribution in [1.82, 2.24) is 30.0 Å². The predicted octanol–water partition coefficient (Wildman–Crippen LogP) is 2.20. The van der Waals surface area contributed by atoms with Crippen LogP contribution < -0.4 is 5.32 Å². The summed E-state index contributed by atoms with van der Waals surface area (Å²) < 4.78 is 7.31. The molecule has 0 saturated heterocycles. The second kappa shape index (κ2) is 6.18. The molecule has 2 atom stereocenters. The molecule has 1 saturated carbocycles. The normalized spacial score (nSPS) is 20.8. The molecule has 3 aromatic rings. The highest BCUT2D eigenvalue weighted by atomic mass is 16.4. The van der Waals surface area contributed by atoms with Gasteiger partial charge in [-0.1, -0.05) is 6.92 Å². The van der Waals surface area contributed by atoms with E-state index in [1.54, 1.807) is 0 Å². The van der Waals surface area contributed by atoms with E-state index >= 15 is 0 Å². The minimum atomic E-state index is 0.422. The van der Waals surface area contributed by atoms with Crippen LogP contribution in [0.1, 0.15) is 43.8 Å². The monoisotopic (exact) mass is 327 g/mol. The van der Waals surface area contributed by atoms with Gasteiger partial charge in [-0.25, -0.2) is 0 Å². The number of nitrogens with one attached hydrogen (secondary N) is 1. The zero-order valence-electron chi connectivity index (χ0n) is 13.9. The van der Waals surface area contributed by atoms with E-state index in [1.165, 1.54) is 0 Å². The van der Waals surface area contributed by atoms with Crippen molar-refractivity contribution in [2.75, 3.05) is 5.32 Å². The molecule has 1 fully saturated rings. The predicted molar refractivity (Wildman–Crippen MR) is 87.7 cm³/mol. The van der Waals surface area contributed by atoms with Gasteiger partial charge in [0, 0.05) is 25.8 Å². The first-order chi connectivity index (χ1) is 11.7. The van der Waals surface area contributed by atoms with Crippen LogP contribution >= 0.6 is 0 Å². The van der Waals surface area contributed by atoms with Crippen molar-refractivity contribution in [2.24, 2.45) is 5.92 Å². The van der Waals surface area contributed by atoms with Crippen molar-refractivity contribution in [3.63, 3.8) is 0 Å². The number of fused-ring (bicyclic) bond motifs is 1. The summed E-state index contributed by atoms with van der Waals surface area (Å²) >= 11 is 0. The maximum absolute atomic E-state index is 5.49. The minimum Gasteiger partial charge on any atom is -0.426 e. The van der Waals surface area contributed by atoms with Gasteiger partial charge in [0.05, 0.1) is 0 Å². The molecule has 1 aliphatic rings. The second-order valence-electron chi connectivity index (χ2n) is 6.40. The summed E-state index contributed by atoms with van der Waals surface area (Å²) in [5.41, 5.74) is 0.786. The Morgan fingerprint density at radius 3 is 2.92 bits per heavy atom. The van der Waals surface area contributed by atoms with Crippen LogP contribution in [0.3, 0.4) is 0 Å². The minimum absolute atomic E-state index is 0.422. The van der Waals surface area contributed by atoms with E-state index in [0.717, 1.165) is 55.3 Å². The zero-order chi connectivity index (χ0) is 16.5. The van der Waals surface area contributed by atoms with Crippen molar-refractivity contribution >= 4 is 11.5 Å². The fraction of sp³-hybridized carbons (Fsp3) is 0.562. The Balaban J connectivity index is 1.41. The molecule has 0 radical (unpaired) electrons. The maximum Gasteiger partial charge on any atom is 0.216 e. The van der Waals surface area contributed by atoms with Crippen LogP contribution in [0, 0.1) is 12.8 Å². The largest absolute Gasteiger partial charge is 0.426 e. The first kappa shape index (κ1) is 15.0. The molecule has 0 aliphatic heterocycles. The van der Waals surface area contributed by atoms with Crippen LogP contribution in [0.5, 0.6) is 0 Å². The number of aromatic nitrogens is 6. The third-order valence-electron chi connectivity index (χ3n) is 4.57. The van der Waals surface area contributed by atoms with Crippen molar-refractivity contribution < 1.29 is 4.42 Å². The molecule has 0 aromatic carbocycles. The Bertz CT molecular complexity index is 840. The van der Waals surface area contributed by atoms with E-state index in [0.29, 0.717) is 17.9 Å². The fourth-order valence-corrected chi connectivity index (χ4v) is 3.40. The molecule has 4 rings (SSSR count). The number of hydrogen-bond donors (Lipinski definition) is 1. The van der Waals surface area contributed by atoms with Crippen LogP contribution in [0.25, 0.3) is 5.65 Å². The lowest BCUT2D eigenvalue weighted by atomic mass is 10.0. The van der Waals surface area contributed by atoms with Gasteiger partial charge in [0.1, 0.15) is 5.82 Å². The van der Waals surface area contributed by atoms with Crippen molar-refractivity contribution in [2.45, 2.75) is 52.0 Å². The molecule has 8 heteroatoms. The smallest absolute Gasteiger partial charge is 0.216 e. The molecule has 3 heterocycles. The molecular weight excluding hydrogens is 306 g/mol. The Morgan fingerprint density at radius 1 is 1.21 bits per heavy atom. The van der Waals surface area contributed by atoms with Gasteiger partial charge < -0.3 is 9.73 Å². The van der Waals surface area contributed by atoms with Gasteiger partial charge >= 0.3 is 0 Å². The second-order valence-corrected chi connectivity index (χ2v) is 6.40. The summed E-state index contributed by atoms with van der Waals surface area (Å²) in [6.45, 7) is 3.88. The quantitative estimate of drug-likeness (QED) is 0.767. The van der Waals surface area contributed by atoms with Crippen molar-refractivity contribution in [3.05, 3.63) is 29.7 Å². The van der Waals surface area contributed by atoms with E-state index in [4.69, 9.17) is 4.42 Å². The van der Waals surface area contributed by atoms with Crippen LogP contribution in [0.15, 0.2) is 16.5 Å². The Morgan fingerprint density at radius 2 is 2.12 bits per heavy atom. The molecule has 8 nitrogen and oxygen atoms in total. The first-order valence-corrected chi connectivity index (χ1v) is 8.48. The zero-order valence-corrected chi connectivity index (χ0v) is 13.9. The number of aryl methyl sites for hydroxylation is 2.